The van der Waals surface area contributed by atoms with Crippen LogP contribution >= 0.6 is 0 Å². The second-order valence-electron chi connectivity index (χ2n) is 5.53. The summed E-state index contributed by atoms with van der Waals surface area (Å²) in [7, 11) is 0. The molecule has 1 N–H and O–H groups in total. The van der Waals surface area contributed by atoms with E-state index in [9.17, 15) is 9.18 Å². The predicted molar refractivity (Wildman–Crippen MR) is 72.5 cm³/mol. The standard InChI is InChI=1S/C15H18FNO3/c1-2-20-8-12-10-6-17(7-11(10)12)14-4-3-9(15(18)19)5-13(14)16/h3-5,10-12H,2,6-8H2,1H3,(H,18,19)/t10-,11+,12+. The van der Waals surface area contributed by atoms with Gasteiger partial charge in [0.25, 0.3) is 0 Å². The van der Waals surface area contributed by atoms with Crippen LogP contribution in [-0.2, 0) is 4.74 Å². The van der Waals surface area contributed by atoms with Gasteiger partial charge in [0.2, 0.25) is 0 Å². The first-order valence-electron chi connectivity index (χ1n) is 6.97. The van der Waals surface area contributed by atoms with E-state index in [-0.39, 0.29) is 5.56 Å². The number of carboxylic acid groups (broad SMARTS) is 1. The summed E-state index contributed by atoms with van der Waals surface area (Å²) >= 11 is 0. The molecular weight excluding hydrogens is 261 g/mol. The lowest BCUT2D eigenvalue weighted by atomic mass is 10.1. The van der Waals surface area contributed by atoms with Gasteiger partial charge in [0.05, 0.1) is 17.9 Å². The summed E-state index contributed by atoms with van der Waals surface area (Å²) in [6, 6.07) is 4.13. The normalized spacial score (nSPS) is 27.5. The average molecular weight is 279 g/mol. The van der Waals surface area contributed by atoms with Crippen molar-refractivity contribution in [2.75, 3.05) is 31.2 Å². The number of halogens is 1. The van der Waals surface area contributed by atoms with Crippen molar-refractivity contribution in [3.63, 3.8) is 0 Å². The van der Waals surface area contributed by atoms with Crippen molar-refractivity contribution in [2.45, 2.75) is 6.92 Å². The van der Waals surface area contributed by atoms with E-state index in [4.69, 9.17) is 9.84 Å². The van der Waals surface area contributed by atoms with Crippen molar-refractivity contribution in [2.24, 2.45) is 17.8 Å². The van der Waals surface area contributed by atoms with Crippen molar-refractivity contribution < 1.29 is 19.0 Å². The van der Waals surface area contributed by atoms with Crippen LogP contribution in [0.3, 0.4) is 0 Å². The highest BCUT2D eigenvalue weighted by atomic mass is 19.1. The summed E-state index contributed by atoms with van der Waals surface area (Å²) in [6.45, 7) is 5.21. The number of hydrogen-bond donors (Lipinski definition) is 1. The summed E-state index contributed by atoms with van der Waals surface area (Å²) in [6.07, 6.45) is 0. The second kappa shape index (κ2) is 5.05. The number of rotatable bonds is 5. The summed E-state index contributed by atoms with van der Waals surface area (Å²) in [5.41, 5.74) is 0.502. The maximum absolute atomic E-state index is 14.0. The van der Waals surface area contributed by atoms with Crippen LogP contribution in [0, 0.1) is 23.6 Å². The Morgan fingerprint density at radius 3 is 2.70 bits per heavy atom. The quantitative estimate of drug-likeness (QED) is 0.898. The summed E-state index contributed by atoms with van der Waals surface area (Å²) < 4.78 is 19.4. The Morgan fingerprint density at radius 2 is 2.15 bits per heavy atom. The molecule has 3 rings (SSSR count). The smallest absolute Gasteiger partial charge is 0.335 e. The zero-order valence-corrected chi connectivity index (χ0v) is 11.4. The predicted octanol–water partition coefficient (Wildman–Crippen LogP) is 2.24. The lowest BCUT2D eigenvalue weighted by Crippen LogP contribution is -2.26. The molecule has 1 aromatic rings. The fraction of sp³-hybridized carbons (Fsp3) is 0.533. The first kappa shape index (κ1) is 13.4. The van der Waals surface area contributed by atoms with Gasteiger partial charge in [-0.25, -0.2) is 9.18 Å². The van der Waals surface area contributed by atoms with E-state index in [1.807, 2.05) is 11.8 Å². The third kappa shape index (κ3) is 2.26. The van der Waals surface area contributed by atoms with E-state index in [0.29, 0.717) is 23.4 Å². The van der Waals surface area contributed by atoms with Crippen molar-refractivity contribution in [3.8, 4) is 0 Å². The number of benzene rings is 1. The molecule has 108 valence electrons. The van der Waals surface area contributed by atoms with Gasteiger partial charge in [-0.1, -0.05) is 0 Å². The van der Waals surface area contributed by atoms with Gasteiger partial charge in [-0.15, -0.1) is 0 Å². The Bertz CT molecular complexity index is 522. The molecule has 3 atom stereocenters. The molecule has 1 saturated carbocycles. The molecule has 1 heterocycles. The maximum Gasteiger partial charge on any atom is 0.335 e. The van der Waals surface area contributed by atoms with Crippen molar-refractivity contribution in [3.05, 3.63) is 29.6 Å². The number of carbonyl (C=O) groups is 1. The zero-order chi connectivity index (χ0) is 14.3. The summed E-state index contributed by atoms with van der Waals surface area (Å²) in [4.78, 5) is 12.8. The van der Waals surface area contributed by atoms with E-state index in [1.165, 1.54) is 6.07 Å². The highest BCUT2D eigenvalue weighted by Gasteiger charge is 2.55. The van der Waals surface area contributed by atoms with Crippen LogP contribution in [0.2, 0.25) is 0 Å². The number of aromatic carboxylic acids is 1. The molecule has 0 radical (unpaired) electrons. The highest BCUT2D eigenvalue weighted by molar-refractivity contribution is 5.88. The average Bonchev–Trinajstić information content (AvgIpc) is 2.87. The van der Waals surface area contributed by atoms with Crippen LogP contribution in [0.25, 0.3) is 0 Å². The minimum Gasteiger partial charge on any atom is -0.478 e. The molecule has 0 aromatic heterocycles. The number of ether oxygens (including phenoxy) is 1. The largest absolute Gasteiger partial charge is 0.478 e. The van der Waals surface area contributed by atoms with Crippen molar-refractivity contribution in [1.29, 1.82) is 0 Å². The van der Waals surface area contributed by atoms with Gasteiger partial charge in [0.15, 0.2) is 0 Å². The fourth-order valence-corrected chi connectivity index (χ4v) is 3.24. The Morgan fingerprint density at radius 1 is 1.45 bits per heavy atom. The van der Waals surface area contributed by atoms with Gasteiger partial charge in [-0.3, -0.25) is 0 Å². The molecule has 5 heteroatoms. The molecule has 0 bridgehead atoms. The number of fused-ring (bicyclic) bond motifs is 1. The van der Waals surface area contributed by atoms with Crippen LogP contribution in [-0.4, -0.2) is 37.4 Å². The van der Waals surface area contributed by atoms with E-state index in [1.54, 1.807) is 6.07 Å². The molecule has 4 nitrogen and oxygen atoms in total. The van der Waals surface area contributed by atoms with Gasteiger partial charge in [-0.2, -0.15) is 0 Å². The van der Waals surface area contributed by atoms with Crippen LogP contribution in [0.5, 0.6) is 0 Å². The Hall–Kier alpha value is -1.62. The maximum atomic E-state index is 14.0. The Labute approximate surface area is 117 Å². The number of hydrogen-bond acceptors (Lipinski definition) is 3. The van der Waals surface area contributed by atoms with Crippen LogP contribution in [0.4, 0.5) is 10.1 Å². The van der Waals surface area contributed by atoms with E-state index < -0.39 is 11.8 Å². The summed E-state index contributed by atoms with van der Waals surface area (Å²) in [5, 5.41) is 8.84. The van der Waals surface area contributed by atoms with Gasteiger partial charge in [0.1, 0.15) is 5.82 Å². The Balaban J connectivity index is 1.64. The minimum atomic E-state index is -1.10. The van der Waals surface area contributed by atoms with Crippen LogP contribution in [0.15, 0.2) is 18.2 Å². The zero-order valence-electron chi connectivity index (χ0n) is 11.4. The highest BCUT2D eigenvalue weighted by Crippen LogP contribution is 2.52. The van der Waals surface area contributed by atoms with Gasteiger partial charge >= 0.3 is 5.97 Å². The van der Waals surface area contributed by atoms with Gasteiger partial charge < -0.3 is 14.7 Å². The molecular formula is C15H18FNO3. The first-order chi connectivity index (χ1) is 9.61. The Kier molecular flexibility index (Phi) is 3.38. The fourth-order valence-electron chi connectivity index (χ4n) is 3.24. The minimum absolute atomic E-state index is 0.00942. The van der Waals surface area contributed by atoms with Gasteiger partial charge in [-0.05, 0) is 42.9 Å². The molecule has 1 aliphatic carbocycles. The topological polar surface area (TPSA) is 49.8 Å². The molecule has 1 aliphatic heterocycles. The molecule has 2 fully saturated rings. The monoisotopic (exact) mass is 279 g/mol. The number of anilines is 1. The molecule has 2 aliphatic rings. The molecule has 0 spiro atoms. The molecule has 0 amide bonds. The second-order valence-corrected chi connectivity index (χ2v) is 5.53. The first-order valence-corrected chi connectivity index (χ1v) is 6.97. The SMILES string of the molecule is CCOC[C@@H]1[C@H]2CN(c3ccc(C(=O)O)cc3F)C[C@@H]12. The lowest BCUT2D eigenvalue weighted by Gasteiger charge is -2.22. The summed E-state index contributed by atoms with van der Waals surface area (Å²) in [5.74, 6) is 0.261. The van der Waals surface area contributed by atoms with Crippen molar-refractivity contribution in [1.82, 2.24) is 0 Å². The van der Waals surface area contributed by atoms with E-state index in [0.717, 1.165) is 32.4 Å². The molecule has 20 heavy (non-hydrogen) atoms. The third-order valence-corrected chi connectivity index (χ3v) is 4.42. The van der Waals surface area contributed by atoms with Gasteiger partial charge in [0, 0.05) is 19.7 Å². The van der Waals surface area contributed by atoms with E-state index in [2.05, 4.69) is 0 Å². The van der Waals surface area contributed by atoms with E-state index >= 15 is 0 Å². The molecule has 1 saturated heterocycles. The van der Waals surface area contributed by atoms with Crippen molar-refractivity contribution >= 4 is 11.7 Å². The number of nitrogens with zero attached hydrogens (tertiary/aromatic N) is 1. The number of piperidine rings is 1. The lowest BCUT2D eigenvalue weighted by molar-refractivity contribution is 0.0696. The third-order valence-electron chi connectivity index (χ3n) is 4.42. The number of carboxylic acids is 1. The van der Waals surface area contributed by atoms with Crippen LogP contribution in [0.1, 0.15) is 17.3 Å². The molecule has 1 aromatic carbocycles. The molecule has 0 unspecified atom stereocenters. The van der Waals surface area contributed by atoms with Crippen LogP contribution < -0.4 is 4.90 Å².